The zero-order valence-electron chi connectivity index (χ0n) is 12.2. The van der Waals surface area contributed by atoms with Gasteiger partial charge in [-0.2, -0.15) is 0 Å². The van der Waals surface area contributed by atoms with Crippen molar-refractivity contribution in [2.45, 2.75) is 45.4 Å². The average Bonchev–Trinajstić information content (AvgIpc) is 2.50. The van der Waals surface area contributed by atoms with Crippen molar-refractivity contribution in [3.63, 3.8) is 0 Å². The van der Waals surface area contributed by atoms with E-state index in [2.05, 4.69) is 27.9 Å². The van der Waals surface area contributed by atoms with Crippen LogP contribution in [0.3, 0.4) is 0 Å². The summed E-state index contributed by atoms with van der Waals surface area (Å²) < 4.78 is 0. The van der Waals surface area contributed by atoms with Gasteiger partial charge in [0.15, 0.2) is 5.82 Å². The number of nitrogens with zero attached hydrogens (tertiary/aromatic N) is 3. The van der Waals surface area contributed by atoms with Crippen LogP contribution in [0.2, 0.25) is 0 Å². The molecule has 3 nitrogen and oxygen atoms in total. The van der Waals surface area contributed by atoms with Crippen LogP contribution >= 0.6 is 0 Å². The number of pyridine rings is 1. The van der Waals surface area contributed by atoms with Gasteiger partial charge in [0.1, 0.15) is 0 Å². The van der Waals surface area contributed by atoms with Gasteiger partial charge in [-0.05, 0) is 49.3 Å². The molecular weight excluding hydrogens is 246 g/mol. The second kappa shape index (κ2) is 5.70. The molecule has 1 fully saturated rings. The van der Waals surface area contributed by atoms with Gasteiger partial charge in [-0.25, -0.2) is 9.97 Å². The van der Waals surface area contributed by atoms with Crippen LogP contribution in [-0.4, -0.2) is 15.0 Å². The molecule has 20 heavy (non-hydrogen) atoms. The molecule has 0 aliphatic heterocycles. The lowest BCUT2D eigenvalue weighted by atomic mass is 9.79. The van der Waals surface area contributed by atoms with E-state index < -0.39 is 0 Å². The van der Waals surface area contributed by atoms with Crippen molar-refractivity contribution in [1.82, 2.24) is 15.0 Å². The van der Waals surface area contributed by atoms with Crippen LogP contribution in [0.25, 0.3) is 11.4 Å². The quantitative estimate of drug-likeness (QED) is 0.820. The summed E-state index contributed by atoms with van der Waals surface area (Å²) in [4.78, 5) is 13.3. The lowest BCUT2D eigenvalue weighted by Crippen LogP contribution is -2.11. The molecule has 2 aromatic heterocycles. The maximum Gasteiger partial charge on any atom is 0.160 e. The van der Waals surface area contributed by atoms with E-state index in [1.807, 2.05) is 19.2 Å². The van der Waals surface area contributed by atoms with E-state index in [9.17, 15) is 0 Å². The monoisotopic (exact) mass is 267 g/mol. The van der Waals surface area contributed by atoms with Gasteiger partial charge in [-0.1, -0.05) is 19.8 Å². The summed E-state index contributed by atoms with van der Waals surface area (Å²) in [6.45, 7) is 4.38. The van der Waals surface area contributed by atoms with Crippen molar-refractivity contribution in [3.8, 4) is 11.4 Å². The number of hydrogen-bond acceptors (Lipinski definition) is 3. The van der Waals surface area contributed by atoms with Crippen LogP contribution in [0.5, 0.6) is 0 Å². The van der Waals surface area contributed by atoms with E-state index in [0.717, 1.165) is 23.0 Å². The average molecular weight is 267 g/mol. The number of rotatable bonds is 2. The maximum atomic E-state index is 4.57. The summed E-state index contributed by atoms with van der Waals surface area (Å²) in [5, 5.41) is 0. The molecule has 1 aliphatic rings. The van der Waals surface area contributed by atoms with Gasteiger partial charge in [0, 0.05) is 29.8 Å². The normalized spacial score (nSPS) is 22.7. The molecule has 3 rings (SSSR count). The first-order valence-corrected chi connectivity index (χ1v) is 7.48. The van der Waals surface area contributed by atoms with Crippen LogP contribution in [0, 0.1) is 12.8 Å². The van der Waals surface area contributed by atoms with E-state index >= 15 is 0 Å². The van der Waals surface area contributed by atoms with Crippen molar-refractivity contribution < 1.29 is 0 Å². The Morgan fingerprint density at radius 2 is 1.70 bits per heavy atom. The second-order valence-electron chi connectivity index (χ2n) is 5.93. The van der Waals surface area contributed by atoms with Gasteiger partial charge >= 0.3 is 0 Å². The van der Waals surface area contributed by atoms with E-state index in [0.29, 0.717) is 5.92 Å². The third kappa shape index (κ3) is 2.72. The van der Waals surface area contributed by atoms with Crippen LogP contribution in [0.1, 0.15) is 49.8 Å². The molecular formula is C17H21N3. The van der Waals surface area contributed by atoms with Gasteiger partial charge in [0.25, 0.3) is 0 Å². The zero-order chi connectivity index (χ0) is 13.9. The molecule has 1 saturated carbocycles. The highest BCUT2D eigenvalue weighted by molar-refractivity contribution is 5.58. The third-order valence-electron chi connectivity index (χ3n) is 4.40. The highest BCUT2D eigenvalue weighted by Crippen LogP contribution is 2.36. The standard InChI is InChI=1S/C17H21N3/c1-12-4-6-14(7-5-12)15-10-16(13(2)20-11-15)17-18-8-3-9-19-17/h3,8-12,14H,4-7H2,1-2H3/t12-,14-. The zero-order valence-corrected chi connectivity index (χ0v) is 12.2. The molecule has 2 aromatic rings. The van der Waals surface area contributed by atoms with Gasteiger partial charge in [-0.15, -0.1) is 0 Å². The van der Waals surface area contributed by atoms with Gasteiger partial charge in [0.05, 0.1) is 0 Å². The van der Waals surface area contributed by atoms with Crippen molar-refractivity contribution in [3.05, 3.63) is 42.0 Å². The Bertz CT molecular complexity index is 572. The second-order valence-corrected chi connectivity index (χ2v) is 5.93. The van der Waals surface area contributed by atoms with Crippen LogP contribution in [-0.2, 0) is 0 Å². The Hall–Kier alpha value is -1.77. The molecule has 3 heteroatoms. The molecule has 2 heterocycles. The summed E-state index contributed by atoms with van der Waals surface area (Å²) >= 11 is 0. The fourth-order valence-corrected chi connectivity index (χ4v) is 3.03. The summed E-state index contributed by atoms with van der Waals surface area (Å²) in [5.41, 5.74) is 3.43. The molecule has 0 unspecified atom stereocenters. The molecule has 0 atom stereocenters. The van der Waals surface area contributed by atoms with E-state index in [4.69, 9.17) is 0 Å². The highest BCUT2D eigenvalue weighted by Gasteiger charge is 2.21. The summed E-state index contributed by atoms with van der Waals surface area (Å²) in [6, 6.07) is 4.09. The lowest BCUT2D eigenvalue weighted by Gasteiger charge is -2.26. The Morgan fingerprint density at radius 3 is 2.40 bits per heavy atom. The van der Waals surface area contributed by atoms with E-state index in [1.165, 1.54) is 31.2 Å². The van der Waals surface area contributed by atoms with Crippen LogP contribution < -0.4 is 0 Å². The molecule has 0 spiro atoms. The predicted molar refractivity (Wildman–Crippen MR) is 80.4 cm³/mol. The number of aromatic nitrogens is 3. The molecule has 0 radical (unpaired) electrons. The van der Waals surface area contributed by atoms with Crippen LogP contribution in [0.15, 0.2) is 30.7 Å². The fraction of sp³-hybridized carbons (Fsp3) is 0.471. The Labute approximate surface area is 120 Å². The summed E-state index contributed by atoms with van der Waals surface area (Å²) in [5.74, 6) is 2.31. The molecule has 0 saturated heterocycles. The first-order valence-electron chi connectivity index (χ1n) is 7.48. The maximum absolute atomic E-state index is 4.57. The van der Waals surface area contributed by atoms with Crippen molar-refractivity contribution >= 4 is 0 Å². The minimum Gasteiger partial charge on any atom is -0.261 e. The molecule has 0 aromatic carbocycles. The van der Waals surface area contributed by atoms with E-state index in [1.54, 1.807) is 12.4 Å². The molecule has 0 amide bonds. The minimum absolute atomic E-state index is 0.654. The van der Waals surface area contributed by atoms with E-state index in [-0.39, 0.29) is 0 Å². The van der Waals surface area contributed by atoms with Gasteiger partial charge in [-0.3, -0.25) is 4.98 Å². The van der Waals surface area contributed by atoms with Gasteiger partial charge in [0.2, 0.25) is 0 Å². The first-order chi connectivity index (χ1) is 9.74. The minimum atomic E-state index is 0.654. The van der Waals surface area contributed by atoms with Crippen LogP contribution in [0.4, 0.5) is 0 Å². The summed E-state index contributed by atoms with van der Waals surface area (Å²) in [7, 11) is 0. The Balaban J connectivity index is 1.91. The number of hydrogen-bond donors (Lipinski definition) is 0. The smallest absolute Gasteiger partial charge is 0.160 e. The van der Waals surface area contributed by atoms with Crippen molar-refractivity contribution in [2.75, 3.05) is 0 Å². The largest absolute Gasteiger partial charge is 0.261 e. The predicted octanol–water partition coefficient (Wildman–Crippen LogP) is 4.14. The molecule has 1 aliphatic carbocycles. The van der Waals surface area contributed by atoms with Crippen molar-refractivity contribution in [2.24, 2.45) is 5.92 Å². The third-order valence-corrected chi connectivity index (χ3v) is 4.40. The fourth-order valence-electron chi connectivity index (χ4n) is 3.03. The first kappa shape index (κ1) is 13.2. The molecule has 0 N–H and O–H groups in total. The van der Waals surface area contributed by atoms with Crippen molar-refractivity contribution in [1.29, 1.82) is 0 Å². The summed E-state index contributed by atoms with van der Waals surface area (Å²) in [6.07, 6.45) is 10.8. The van der Waals surface area contributed by atoms with Gasteiger partial charge < -0.3 is 0 Å². The number of aryl methyl sites for hydroxylation is 1. The lowest BCUT2D eigenvalue weighted by molar-refractivity contribution is 0.347. The Morgan fingerprint density at radius 1 is 1.00 bits per heavy atom. The highest BCUT2D eigenvalue weighted by atomic mass is 14.9. The topological polar surface area (TPSA) is 38.7 Å². The molecule has 0 bridgehead atoms. The SMILES string of the molecule is Cc1ncc([C@H]2CC[C@H](C)CC2)cc1-c1ncccn1. The Kier molecular flexibility index (Phi) is 3.77. The molecule has 104 valence electrons.